The van der Waals surface area contributed by atoms with Gasteiger partial charge in [0.05, 0.1) is 12.6 Å². The van der Waals surface area contributed by atoms with E-state index in [1.807, 2.05) is 0 Å². The van der Waals surface area contributed by atoms with Crippen LogP contribution in [0, 0.1) is 0 Å². The van der Waals surface area contributed by atoms with E-state index in [-0.39, 0.29) is 12.3 Å². The number of hydrogen-bond acceptors (Lipinski definition) is 3. The van der Waals surface area contributed by atoms with E-state index >= 15 is 0 Å². The summed E-state index contributed by atoms with van der Waals surface area (Å²) in [5.41, 5.74) is 6.51. The highest BCUT2D eigenvalue weighted by atomic mass is 16.1. The summed E-state index contributed by atoms with van der Waals surface area (Å²) in [4.78, 5) is 14.8. The number of nitrogens with zero attached hydrogens (tertiary/aromatic N) is 3. The van der Waals surface area contributed by atoms with Gasteiger partial charge < -0.3 is 5.73 Å². The predicted octanol–water partition coefficient (Wildman–Crippen LogP) is -0.243. The molecule has 13 heavy (non-hydrogen) atoms. The van der Waals surface area contributed by atoms with Crippen LogP contribution in [0.2, 0.25) is 0 Å². The van der Waals surface area contributed by atoms with Crippen molar-refractivity contribution in [1.82, 2.24) is 14.6 Å². The summed E-state index contributed by atoms with van der Waals surface area (Å²) in [5.74, 6) is -0.374. The topological polar surface area (TPSA) is 73.3 Å². The Morgan fingerprint density at radius 2 is 2.46 bits per heavy atom. The van der Waals surface area contributed by atoms with Gasteiger partial charge >= 0.3 is 0 Å². The maximum absolute atomic E-state index is 10.7. The van der Waals surface area contributed by atoms with Crippen molar-refractivity contribution in [1.29, 1.82) is 0 Å². The number of fused-ring (bicyclic) bond motifs is 1. The Balaban J connectivity index is 2.51. The van der Waals surface area contributed by atoms with Gasteiger partial charge in [0.2, 0.25) is 5.91 Å². The Labute approximate surface area is 74.2 Å². The molecule has 2 heterocycles. The zero-order valence-corrected chi connectivity index (χ0v) is 6.84. The van der Waals surface area contributed by atoms with Crippen molar-refractivity contribution in [3.8, 4) is 0 Å². The van der Waals surface area contributed by atoms with Crippen molar-refractivity contribution >= 4 is 11.6 Å². The van der Waals surface area contributed by atoms with Gasteiger partial charge in [-0.2, -0.15) is 5.10 Å². The van der Waals surface area contributed by atoms with Gasteiger partial charge in [0.25, 0.3) is 0 Å². The lowest BCUT2D eigenvalue weighted by atomic mass is 10.2. The molecule has 0 atom stereocenters. The number of carbonyl (C=O) groups is 1. The van der Waals surface area contributed by atoms with Crippen molar-refractivity contribution in [3.63, 3.8) is 0 Å². The minimum Gasteiger partial charge on any atom is -0.369 e. The van der Waals surface area contributed by atoms with Gasteiger partial charge in [-0.15, -0.1) is 0 Å². The van der Waals surface area contributed by atoms with Gasteiger partial charge in [0.1, 0.15) is 0 Å². The molecule has 0 aliphatic carbocycles. The third kappa shape index (κ3) is 1.35. The Bertz CT molecular complexity index is 448. The third-order valence-electron chi connectivity index (χ3n) is 1.72. The molecule has 2 aromatic rings. The molecule has 0 aromatic carbocycles. The quantitative estimate of drug-likeness (QED) is 0.686. The number of carbonyl (C=O) groups excluding carboxylic acids is 1. The molecule has 2 rings (SSSR count). The van der Waals surface area contributed by atoms with Crippen LogP contribution in [-0.2, 0) is 11.2 Å². The molecule has 0 aliphatic rings. The van der Waals surface area contributed by atoms with Gasteiger partial charge in [0.15, 0.2) is 5.65 Å². The average molecular weight is 176 g/mol. The molecular formula is C8H8N4O. The molecule has 0 radical (unpaired) electrons. The first-order chi connectivity index (χ1) is 6.27. The molecule has 0 aliphatic heterocycles. The number of hydrogen-bond donors (Lipinski definition) is 1. The van der Waals surface area contributed by atoms with E-state index in [4.69, 9.17) is 5.73 Å². The zero-order valence-electron chi connectivity index (χ0n) is 6.84. The summed E-state index contributed by atoms with van der Waals surface area (Å²) in [6.45, 7) is 0. The smallest absolute Gasteiger partial charge is 0.222 e. The van der Waals surface area contributed by atoms with Gasteiger partial charge in [-0.25, -0.2) is 9.50 Å². The molecule has 0 unspecified atom stereocenters. The number of aromatic nitrogens is 3. The van der Waals surface area contributed by atoms with Crippen LogP contribution in [0.3, 0.4) is 0 Å². The van der Waals surface area contributed by atoms with Crippen molar-refractivity contribution in [2.24, 2.45) is 5.73 Å². The molecule has 0 saturated heterocycles. The second kappa shape index (κ2) is 2.85. The SMILES string of the molecule is NC(=O)Cc1cnn2cccnc12. The molecular weight excluding hydrogens is 168 g/mol. The second-order valence-corrected chi connectivity index (χ2v) is 2.70. The Kier molecular flexibility index (Phi) is 1.70. The predicted molar refractivity (Wildman–Crippen MR) is 45.9 cm³/mol. The maximum atomic E-state index is 10.7. The van der Waals surface area contributed by atoms with E-state index < -0.39 is 0 Å². The number of primary amides is 1. The van der Waals surface area contributed by atoms with Crippen LogP contribution in [0.4, 0.5) is 0 Å². The highest BCUT2D eigenvalue weighted by molar-refractivity contribution is 5.78. The lowest BCUT2D eigenvalue weighted by Crippen LogP contribution is -2.13. The highest BCUT2D eigenvalue weighted by Gasteiger charge is 2.06. The van der Waals surface area contributed by atoms with Gasteiger partial charge in [-0.3, -0.25) is 4.79 Å². The molecule has 5 heteroatoms. The number of amides is 1. The molecule has 0 spiro atoms. The molecule has 2 N–H and O–H groups in total. The summed E-state index contributed by atoms with van der Waals surface area (Å²) < 4.78 is 1.61. The zero-order chi connectivity index (χ0) is 9.26. The lowest BCUT2D eigenvalue weighted by molar-refractivity contribution is -0.117. The molecule has 5 nitrogen and oxygen atoms in total. The summed E-state index contributed by atoms with van der Waals surface area (Å²) >= 11 is 0. The van der Waals surface area contributed by atoms with E-state index in [9.17, 15) is 4.79 Å². The van der Waals surface area contributed by atoms with Gasteiger partial charge in [-0.05, 0) is 6.07 Å². The van der Waals surface area contributed by atoms with Gasteiger partial charge in [-0.1, -0.05) is 0 Å². The van der Waals surface area contributed by atoms with Crippen LogP contribution < -0.4 is 5.73 Å². The Hall–Kier alpha value is -1.91. The third-order valence-corrected chi connectivity index (χ3v) is 1.72. The van der Waals surface area contributed by atoms with Crippen LogP contribution in [0.15, 0.2) is 24.7 Å². The summed E-state index contributed by atoms with van der Waals surface area (Å²) in [5, 5.41) is 4.02. The first-order valence-corrected chi connectivity index (χ1v) is 3.83. The van der Waals surface area contributed by atoms with Crippen molar-refractivity contribution in [3.05, 3.63) is 30.2 Å². The van der Waals surface area contributed by atoms with E-state index in [1.54, 1.807) is 29.2 Å². The van der Waals surface area contributed by atoms with Crippen LogP contribution in [0.25, 0.3) is 5.65 Å². The van der Waals surface area contributed by atoms with Crippen LogP contribution in [-0.4, -0.2) is 20.5 Å². The normalized spacial score (nSPS) is 10.5. The molecule has 0 fully saturated rings. The monoisotopic (exact) mass is 176 g/mol. The van der Waals surface area contributed by atoms with Gasteiger partial charge in [0, 0.05) is 18.0 Å². The van der Waals surface area contributed by atoms with Crippen molar-refractivity contribution < 1.29 is 4.79 Å². The number of rotatable bonds is 2. The first-order valence-electron chi connectivity index (χ1n) is 3.83. The minimum absolute atomic E-state index is 0.181. The van der Waals surface area contributed by atoms with Crippen LogP contribution in [0.1, 0.15) is 5.56 Å². The van der Waals surface area contributed by atoms with Crippen molar-refractivity contribution in [2.75, 3.05) is 0 Å². The Morgan fingerprint density at radius 3 is 3.23 bits per heavy atom. The standard InChI is InChI=1S/C8H8N4O/c9-7(13)4-6-5-11-12-3-1-2-10-8(6)12/h1-3,5H,4H2,(H2,9,13). The fraction of sp³-hybridized carbons (Fsp3) is 0.125. The minimum atomic E-state index is -0.374. The largest absolute Gasteiger partial charge is 0.369 e. The van der Waals surface area contributed by atoms with Crippen LogP contribution >= 0.6 is 0 Å². The molecule has 0 bridgehead atoms. The molecule has 2 aromatic heterocycles. The molecule has 1 amide bonds. The summed E-state index contributed by atoms with van der Waals surface area (Å²) in [6, 6.07) is 1.77. The fourth-order valence-electron chi connectivity index (χ4n) is 1.19. The average Bonchev–Trinajstić information content (AvgIpc) is 2.48. The number of nitrogens with two attached hydrogens (primary N) is 1. The van der Waals surface area contributed by atoms with E-state index in [2.05, 4.69) is 10.1 Å². The van der Waals surface area contributed by atoms with E-state index in [0.29, 0.717) is 5.65 Å². The van der Waals surface area contributed by atoms with E-state index in [0.717, 1.165) is 5.56 Å². The second-order valence-electron chi connectivity index (χ2n) is 2.70. The first kappa shape index (κ1) is 7.72. The molecule has 0 saturated carbocycles. The fourth-order valence-corrected chi connectivity index (χ4v) is 1.19. The van der Waals surface area contributed by atoms with Crippen LogP contribution in [0.5, 0.6) is 0 Å². The Morgan fingerprint density at radius 1 is 1.62 bits per heavy atom. The summed E-state index contributed by atoms with van der Waals surface area (Å²) in [6.07, 6.45) is 5.21. The lowest BCUT2D eigenvalue weighted by Gasteiger charge is -1.93. The van der Waals surface area contributed by atoms with Crippen molar-refractivity contribution in [2.45, 2.75) is 6.42 Å². The maximum Gasteiger partial charge on any atom is 0.222 e. The van der Waals surface area contributed by atoms with E-state index in [1.165, 1.54) is 0 Å². The summed E-state index contributed by atoms with van der Waals surface area (Å²) in [7, 11) is 0. The molecule has 66 valence electrons. The highest BCUT2D eigenvalue weighted by Crippen LogP contribution is 2.06.